The Labute approximate surface area is 79.8 Å². The third-order valence-corrected chi connectivity index (χ3v) is 2.22. The Morgan fingerprint density at radius 3 is 2.93 bits per heavy atom. The van der Waals surface area contributed by atoms with Crippen LogP contribution in [0.2, 0.25) is 0 Å². The van der Waals surface area contributed by atoms with E-state index in [-0.39, 0.29) is 11.7 Å². The molecule has 6 nitrogen and oxygen atoms in total. The Morgan fingerprint density at radius 2 is 2.50 bits per heavy atom. The van der Waals surface area contributed by atoms with E-state index >= 15 is 0 Å². The highest BCUT2D eigenvalue weighted by atomic mass is 16.4. The van der Waals surface area contributed by atoms with Gasteiger partial charge in [-0.3, -0.25) is 0 Å². The van der Waals surface area contributed by atoms with Gasteiger partial charge in [0.15, 0.2) is 6.04 Å². The van der Waals surface area contributed by atoms with Crippen LogP contribution in [0.25, 0.3) is 0 Å². The third-order valence-electron chi connectivity index (χ3n) is 2.22. The zero-order valence-corrected chi connectivity index (χ0v) is 7.29. The third kappa shape index (κ3) is 1.44. The molecule has 2 rings (SSSR count). The largest absolute Gasteiger partial charge is 0.480 e. The van der Waals surface area contributed by atoms with E-state index in [1.165, 1.54) is 11.0 Å². The lowest BCUT2D eigenvalue weighted by atomic mass is 10.2. The molecule has 0 aromatic carbocycles. The van der Waals surface area contributed by atoms with Crippen molar-refractivity contribution >= 4 is 5.97 Å². The second kappa shape index (κ2) is 3.10. The number of carboxylic acids is 1. The molecular weight excluding hydrogens is 184 g/mol. The molecule has 0 radical (unpaired) electrons. The van der Waals surface area contributed by atoms with E-state index in [1.54, 1.807) is 6.07 Å². The van der Waals surface area contributed by atoms with Crippen LogP contribution in [-0.2, 0) is 4.79 Å². The van der Waals surface area contributed by atoms with Gasteiger partial charge >= 0.3 is 5.97 Å². The molecule has 0 amide bonds. The molecule has 0 saturated heterocycles. The molecule has 72 valence electrons. The lowest BCUT2D eigenvalue weighted by molar-refractivity contribution is -0.141. The maximum absolute atomic E-state index is 10.9. The van der Waals surface area contributed by atoms with Crippen molar-refractivity contribution in [3.05, 3.63) is 12.2 Å². The molecule has 6 heteroatoms. The van der Waals surface area contributed by atoms with Crippen LogP contribution >= 0.6 is 0 Å². The highest BCUT2D eigenvalue weighted by molar-refractivity contribution is 5.72. The zero-order chi connectivity index (χ0) is 10.1. The topological polar surface area (TPSA) is 91.8 Å². The molecule has 1 heterocycles. The van der Waals surface area contributed by atoms with E-state index in [0.29, 0.717) is 0 Å². The molecule has 0 spiro atoms. The minimum Gasteiger partial charge on any atom is -0.480 e. The number of rotatable bonds is 3. The van der Waals surface area contributed by atoms with Crippen LogP contribution in [-0.4, -0.2) is 25.8 Å². The molecule has 1 aromatic rings. The molecule has 1 aliphatic rings. The summed E-state index contributed by atoms with van der Waals surface area (Å²) in [6.07, 6.45) is 3.10. The van der Waals surface area contributed by atoms with E-state index in [9.17, 15) is 4.79 Å². The van der Waals surface area contributed by atoms with Crippen molar-refractivity contribution in [3.8, 4) is 6.07 Å². The summed E-state index contributed by atoms with van der Waals surface area (Å²) >= 11 is 0. The van der Waals surface area contributed by atoms with Crippen molar-refractivity contribution in [1.29, 1.82) is 5.26 Å². The lowest BCUT2D eigenvalue weighted by Gasteiger charge is -2.09. The van der Waals surface area contributed by atoms with Gasteiger partial charge in [0.1, 0.15) is 12.4 Å². The van der Waals surface area contributed by atoms with Gasteiger partial charge in [-0.05, 0) is 18.8 Å². The summed E-state index contributed by atoms with van der Waals surface area (Å²) in [5, 5.41) is 21.2. The van der Waals surface area contributed by atoms with E-state index in [4.69, 9.17) is 10.4 Å². The van der Waals surface area contributed by atoms with Crippen molar-refractivity contribution in [2.75, 3.05) is 0 Å². The number of hydrogen-bond acceptors (Lipinski definition) is 4. The number of aromatic nitrogens is 3. The highest BCUT2D eigenvalue weighted by Gasteiger charge is 2.38. The van der Waals surface area contributed by atoms with Gasteiger partial charge in [-0.25, -0.2) is 14.5 Å². The fraction of sp³-hybridized carbons (Fsp3) is 0.500. The minimum atomic E-state index is -0.915. The highest BCUT2D eigenvalue weighted by Crippen LogP contribution is 2.39. The summed E-state index contributed by atoms with van der Waals surface area (Å²) in [5.74, 6) is -0.764. The van der Waals surface area contributed by atoms with Crippen LogP contribution in [0.1, 0.15) is 24.7 Å². The van der Waals surface area contributed by atoms with Crippen molar-refractivity contribution in [2.24, 2.45) is 5.92 Å². The van der Waals surface area contributed by atoms with Crippen LogP contribution in [0.5, 0.6) is 0 Å². The molecule has 0 bridgehead atoms. The average Bonchev–Trinajstić information content (AvgIpc) is 2.83. The second-order valence-electron chi connectivity index (χ2n) is 3.28. The molecule has 1 aliphatic carbocycles. The number of aliphatic carboxylic acids is 1. The smallest absolute Gasteiger partial charge is 0.328 e. The molecule has 1 unspecified atom stereocenters. The molecule has 1 saturated carbocycles. The van der Waals surface area contributed by atoms with Crippen LogP contribution in [0.3, 0.4) is 0 Å². The molecule has 1 fully saturated rings. The van der Waals surface area contributed by atoms with Crippen LogP contribution in [0, 0.1) is 17.2 Å². The lowest BCUT2D eigenvalue weighted by Crippen LogP contribution is -2.21. The summed E-state index contributed by atoms with van der Waals surface area (Å²) in [6.45, 7) is 0. The standard InChI is InChI=1S/C8H8N4O2/c9-3-6-10-4-12(11-6)7(8(13)14)5-1-2-5/h4-5,7H,1-2H2,(H,13,14). The van der Waals surface area contributed by atoms with Gasteiger partial charge in [-0.2, -0.15) is 5.26 Å². The maximum atomic E-state index is 10.9. The van der Waals surface area contributed by atoms with E-state index in [0.717, 1.165) is 12.8 Å². The van der Waals surface area contributed by atoms with Crippen LogP contribution in [0.4, 0.5) is 0 Å². The first-order valence-electron chi connectivity index (χ1n) is 4.26. The van der Waals surface area contributed by atoms with Crippen molar-refractivity contribution in [2.45, 2.75) is 18.9 Å². The predicted molar refractivity (Wildman–Crippen MR) is 44.1 cm³/mol. The van der Waals surface area contributed by atoms with Gasteiger partial charge in [-0.15, -0.1) is 5.10 Å². The minimum absolute atomic E-state index is 0.0110. The van der Waals surface area contributed by atoms with Gasteiger partial charge in [0.25, 0.3) is 5.82 Å². The number of carbonyl (C=O) groups is 1. The van der Waals surface area contributed by atoms with Crippen molar-refractivity contribution in [1.82, 2.24) is 14.8 Å². The number of nitrogens with zero attached hydrogens (tertiary/aromatic N) is 4. The molecular formula is C8H8N4O2. The zero-order valence-electron chi connectivity index (χ0n) is 7.29. The summed E-state index contributed by atoms with van der Waals surface area (Å²) in [7, 11) is 0. The monoisotopic (exact) mass is 192 g/mol. The maximum Gasteiger partial charge on any atom is 0.328 e. The van der Waals surface area contributed by atoms with Gasteiger partial charge in [0, 0.05) is 0 Å². The Morgan fingerprint density at radius 1 is 1.79 bits per heavy atom. The Bertz CT molecular complexity index is 402. The summed E-state index contributed by atoms with van der Waals surface area (Å²) in [6, 6.07) is 1.10. The van der Waals surface area contributed by atoms with Gasteiger partial charge in [0.05, 0.1) is 0 Å². The summed E-state index contributed by atoms with van der Waals surface area (Å²) in [5.41, 5.74) is 0. The molecule has 0 aliphatic heterocycles. The predicted octanol–water partition coefficient (Wildman–Crippen LogP) is 0.185. The summed E-state index contributed by atoms with van der Waals surface area (Å²) in [4.78, 5) is 14.6. The van der Waals surface area contributed by atoms with E-state index in [2.05, 4.69) is 10.1 Å². The SMILES string of the molecule is N#Cc1ncn(C(C(=O)O)C2CC2)n1. The van der Waals surface area contributed by atoms with Crippen LogP contribution in [0.15, 0.2) is 6.33 Å². The van der Waals surface area contributed by atoms with Gasteiger partial charge in [-0.1, -0.05) is 0 Å². The summed E-state index contributed by atoms with van der Waals surface area (Å²) < 4.78 is 1.26. The van der Waals surface area contributed by atoms with Gasteiger partial charge in [0.2, 0.25) is 0 Å². The first kappa shape index (κ1) is 8.69. The first-order valence-corrected chi connectivity index (χ1v) is 4.26. The number of carboxylic acid groups (broad SMARTS) is 1. The fourth-order valence-corrected chi connectivity index (χ4v) is 1.40. The second-order valence-corrected chi connectivity index (χ2v) is 3.28. The Balaban J connectivity index is 2.26. The van der Waals surface area contributed by atoms with Gasteiger partial charge < -0.3 is 5.11 Å². The molecule has 1 N–H and O–H groups in total. The Kier molecular flexibility index (Phi) is 1.93. The van der Waals surface area contributed by atoms with E-state index < -0.39 is 12.0 Å². The normalized spacial score (nSPS) is 17.4. The average molecular weight is 192 g/mol. The first-order chi connectivity index (χ1) is 6.72. The quantitative estimate of drug-likeness (QED) is 0.737. The molecule has 14 heavy (non-hydrogen) atoms. The van der Waals surface area contributed by atoms with Crippen molar-refractivity contribution < 1.29 is 9.90 Å². The van der Waals surface area contributed by atoms with Crippen LogP contribution < -0.4 is 0 Å². The number of nitriles is 1. The van der Waals surface area contributed by atoms with E-state index in [1.807, 2.05) is 0 Å². The fourth-order valence-electron chi connectivity index (χ4n) is 1.40. The molecule has 1 atom stereocenters. The Hall–Kier alpha value is -1.90. The number of hydrogen-bond donors (Lipinski definition) is 1. The van der Waals surface area contributed by atoms with Crippen molar-refractivity contribution in [3.63, 3.8) is 0 Å². The molecule has 1 aromatic heterocycles.